The van der Waals surface area contributed by atoms with Crippen LogP contribution in [0.1, 0.15) is 40.7 Å². The van der Waals surface area contributed by atoms with Crippen molar-refractivity contribution >= 4 is 27.5 Å². The number of likely N-dealkylation sites (tertiary alicyclic amines) is 1. The lowest BCUT2D eigenvalue weighted by Crippen LogP contribution is -2.43. The second-order valence-electron chi connectivity index (χ2n) is 8.63. The van der Waals surface area contributed by atoms with E-state index in [1.807, 2.05) is 19.9 Å². The van der Waals surface area contributed by atoms with E-state index in [1.54, 1.807) is 24.1 Å². The van der Waals surface area contributed by atoms with Gasteiger partial charge in [0.25, 0.3) is 15.9 Å². The van der Waals surface area contributed by atoms with Crippen LogP contribution in [-0.2, 0) is 19.6 Å². The molecule has 2 aromatic rings. The third-order valence-electron chi connectivity index (χ3n) is 6.15. The van der Waals surface area contributed by atoms with Crippen molar-refractivity contribution in [3.63, 3.8) is 0 Å². The van der Waals surface area contributed by atoms with Gasteiger partial charge in [-0.1, -0.05) is 6.07 Å². The number of nitrogens with zero attached hydrogens (tertiary/aromatic N) is 1. The van der Waals surface area contributed by atoms with E-state index in [4.69, 9.17) is 4.74 Å². The van der Waals surface area contributed by atoms with Crippen LogP contribution in [0.25, 0.3) is 0 Å². The molecule has 0 unspecified atom stereocenters. The fraction of sp³-hybridized carbons (Fsp3) is 0.440. The number of piperidine rings is 1. The summed E-state index contributed by atoms with van der Waals surface area (Å²) in [6.07, 6.45) is 1.98. The molecule has 0 saturated carbocycles. The summed E-state index contributed by atoms with van der Waals surface area (Å²) < 4.78 is 33.0. The van der Waals surface area contributed by atoms with Gasteiger partial charge < -0.3 is 15.0 Å². The predicted molar refractivity (Wildman–Crippen MR) is 131 cm³/mol. The van der Waals surface area contributed by atoms with Gasteiger partial charge in [-0.3, -0.25) is 14.3 Å². The standard InChI is InChI=1S/C25H33N3O5S/c1-18-5-8-22(17-19(18)2)27-34(31,32)23-9-6-21(7-10-23)25(30)28-14-11-20(12-15-28)24(29)26-13-4-16-33-3/h5-10,17,20,27H,4,11-16H2,1-3H3,(H,26,29). The topological polar surface area (TPSA) is 105 Å². The van der Waals surface area contributed by atoms with Crippen molar-refractivity contribution in [2.45, 2.75) is 38.0 Å². The van der Waals surface area contributed by atoms with Gasteiger partial charge in [-0.2, -0.15) is 0 Å². The summed E-state index contributed by atoms with van der Waals surface area (Å²) in [5.41, 5.74) is 2.99. The molecular weight excluding hydrogens is 454 g/mol. The highest BCUT2D eigenvalue weighted by molar-refractivity contribution is 7.92. The molecule has 0 bridgehead atoms. The van der Waals surface area contributed by atoms with E-state index in [0.29, 0.717) is 50.3 Å². The van der Waals surface area contributed by atoms with Gasteiger partial charge in [0.2, 0.25) is 5.91 Å². The maximum Gasteiger partial charge on any atom is 0.261 e. The van der Waals surface area contributed by atoms with E-state index in [0.717, 1.165) is 17.5 Å². The number of hydrogen-bond donors (Lipinski definition) is 2. The molecule has 0 aliphatic carbocycles. The number of sulfonamides is 1. The summed E-state index contributed by atoms with van der Waals surface area (Å²) in [6, 6.07) is 11.3. The smallest absolute Gasteiger partial charge is 0.261 e. The van der Waals surface area contributed by atoms with E-state index in [9.17, 15) is 18.0 Å². The number of methoxy groups -OCH3 is 1. The predicted octanol–water partition coefficient (Wildman–Crippen LogP) is 3.11. The summed E-state index contributed by atoms with van der Waals surface area (Å²) in [5.74, 6) is -0.241. The molecule has 0 spiro atoms. The zero-order valence-electron chi connectivity index (χ0n) is 20.0. The number of rotatable bonds is 9. The van der Waals surface area contributed by atoms with Gasteiger partial charge in [0.05, 0.1) is 4.90 Å². The zero-order chi connectivity index (χ0) is 24.7. The fourth-order valence-corrected chi connectivity index (χ4v) is 4.94. The highest BCUT2D eigenvalue weighted by Crippen LogP contribution is 2.22. The third kappa shape index (κ3) is 6.57. The molecule has 1 aliphatic heterocycles. The number of anilines is 1. The van der Waals surface area contributed by atoms with Gasteiger partial charge >= 0.3 is 0 Å². The zero-order valence-corrected chi connectivity index (χ0v) is 20.8. The van der Waals surface area contributed by atoms with Gasteiger partial charge in [0.15, 0.2) is 0 Å². The largest absolute Gasteiger partial charge is 0.385 e. The van der Waals surface area contributed by atoms with Crippen molar-refractivity contribution in [2.75, 3.05) is 38.1 Å². The lowest BCUT2D eigenvalue weighted by Gasteiger charge is -2.31. The molecule has 9 heteroatoms. The summed E-state index contributed by atoms with van der Waals surface area (Å²) in [5, 5.41) is 2.92. The highest BCUT2D eigenvalue weighted by Gasteiger charge is 2.28. The van der Waals surface area contributed by atoms with E-state index in [2.05, 4.69) is 10.0 Å². The van der Waals surface area contributed by atoms with Gasteiger partial charge in [0, 0.05) is 50.5 Å². The number of amides is 2. The molecule has 2 amide bonds. The Morgan fingerprint density at radius 1 is 1.03 bits per heavy atom. The van der Waals surface area contributed by atoms with Crippen LogP contribution in [-0.4, -0.2) is 58.5 Å². The molecule has 0 aromatic heterocycles. The first kappa shape index (κ1) is 25.7. The first-order chi connectivity index (χ1) is 16.2. The Hall–Kier alpha value is -2.91. The number of nitrogens with one attached hydrogen (secondary N) is 2. The Balaban J connectivity index is 1.56. The van der Waals surface area contributed by atoms with Crippen molar-refractivity contribution in [3.8, 4) is 0 Å². The number of carbonyl (C=O) groups is 2. The summed E-state index contributed by atoms with van der Waals surface area (Å²) in [4.78, 5) is 27.0. The Labute approximate surface area is 201 Å². The number of ether oxygens (including phenoxy) is 1. The Morgan fingerprint density at radius 2 is 1.71 bits per heavy atom. The van der Waals surface area contributed by atoms with E-state index in [1.165, 1.54) is 24.3 Å². The first-order valence-corrected chi connectivity index (χ1v) is 13.0. The molecule has 2 N–H and O–H groups in total. The van der Waals surface area contributed by atoms with Crippen molar-refractivity contribution in [1.29, 1.82) is 0 Å². The number of carbonyl (C=O) groups excluding carboxylic acids is 2. The lowest BCUT2D eigenvalue weighted by atomic mass is 9.95. The number of aryl methyl sites for hydroxylation is 2. The van der Waals surface area contributed by atoms with E-state index < -0.39 is 10.0 Å². The fourth-order valence-electron chi connectivity index (χ4n) is 3.90. The van der Waals surface area contributed by atoms with Crippen LogP contribution in [0.5, 0.6) is 0 Å². The molecule has 0 radical (unpaired) electrons. The highest BCUT2D eigenvalue weighted by atomic mass is 32.2. The van der Waals surface area contributed by atoms with E-state index in [-0.39, 0.29) is 22.6 Å². The van der Waals surface area contributed by atoms with Crippen molar-refractivity contribution in [1.82, 2.24) is 10.2 Å². The van der Waals surface area contributed by atoms with Crippen LogP contribution in [0.3, 0.4) is 0 Å². The maximum absolute atomic E-state index is 12.9. The summed E-state index contributed by atoms with van der Waals surface area (Å²) in [6.45, 7) is 6.05. The number of benzene rings is 2. The van der Waals surface area contributed by atoms with Gasteiger partial charge in [-0.05, 0) is 80.6 Å². The molecule has 3 rings (SSSR count). The molecule has 184 valence electrons. The van der Waals surface area contributed by atoms with Crippen LogP contribution >= 0.6 is 0 Å². The molecule has 8 nitrogen and oxygen atoms in total. The minimum absolute atomic E-state index is 0.0223. The quantitative estimate of drug-likeness (QED) is 0.529. The average molecular weight is 488 g/mol. The average Bonchev–Trinajstić information content (AvgIpc) is 2.83. The first-order valence-electron chi connectivity index (χ1n) is 11.5. The second-order valence-corrected chi connectivity index (χ2v) is 10.3. The van der Waals surface area contributed by atoms with Gasteiger partial charge in [-0.25, -0.2) is 8.42 Å². The number of hydrogen-bond acceptors (Lipinski definition) is 5. The Bertz CT molecular complexity index is 1110. The van der Waals surface area contributed by atoms with Gasteiger partial charge in [0.1, 0.15) is 0 Å². The molecular formula is C25H33N3O5S. The molecule has 1 saturated heterocycles. The molecule has 1 heterocycles. The molecule has 2 aromatic carbocycles. The van der Waals surface area contributed by atoms with Crippen LogP contribution in [0, 0.1) is 19.8 Å². The van der Waals surface area contributed by atoms with E-state index >= 15 is 0 Å². The van der Waals surface area contributed by atoms with Crippen LogP contribution in [0.15, 0.2) is 47.4 Å². The molecule has 1 fully saturated rings. The van der Waals surface area contributed by atoms with Crippen LogP contribution in [0.2, 0.25) is 0 Å². The minimum Gasteiger partial charge on any atom is -0.385 e. The van der Waals surface area contributed by atoms with Crippen molar-refractivity contribution < 1.29 is 22.7 Å². The van der Waals surface area contributed by atoms with Gasteiger partial charge in [-0.15, -0.1) is 0 Å². The summed E-state index contributed by atoms with van der Waals surface area (Å²) >= 11 is 0. The third-order valence-corrected chi connectivity index (χ3v) is 7.55. The van der Waals surface area contributed by atoms with Crippen LogP contribution in [0.4, 0.5) is 5.69 Å². The Morgan fingerprint density at radius 3 is 2.32 bits per heavy atom. The maximum atomic E-state index is 12.9. The van der Waals surface area contributed by atoms with Crippen molar-refractivity contribution in [2.24, 2.45) is 5.92 Å². The second kappa shape index (κ2) is 11.5. The van der Waals surface area contributed by atoms with Crippen LogP contribution < -0.4 is 10.0 Å². The normalized spacial score (nSPS) is 14.6. The summed E-state index contributed by atoms with van der Waals surface area (Å²) in [7, 11) is -2.14. The molecule has 1 aliphatic rings. The molecule has 34 heavy (non-hydrogen) atoms. The minimum atomic E-state index is -3.77. The molecule has 0 atom stereocenters. The lowest BCUT2D eigenvalue weighted by molar-refractivity contribution is -0.126. The monoisotopic (exact) mass is 487 g/mol. The SMILES string of the molecule is COCCCNC(=O)C1CCN(C(=O)c2ccc(S(=O)(=O)Nc3ccc(C)c(C)c3)cc2)CC1. The Kier molecular flexibility index (Phi) is 8.68. The van der Waals surface area contributed by atoms with Crippen molar-refractivity contribution in [3.05, 3.63) is 59.2 Å².